The molecule has 0 aliphatic heterocycles. The lowest BCUT2D eigenvalue weighted by molar-refractivity contribution is -0.870. The van der Waals surface area contributed by atoms with Gasteiger partial charge in [-0.25, -0.2) is 0 Å². The third-order valence-electron chi connectivity index (χ3n) is 10.7. The summed E-state index contributed by atoms with van der Waals surface area (Å²) in [6.07, 6.45) is 46.3. The van der Waals surface area contributed by atoms with Crippen LogP contribution in [0.2, 0.25) is 0 Å². The van der Waals surface area contributed by atoms with Crippen LogP contribution >= 0.6 is 7.82 Å². The molecule has 0 aliphatic carbocycles. The summed E-state index contributed by atoms with van der Waals surface area (Å²) in [5.41, 5.74) is 0. The number of carbonyl (C=O) groups is 2. The van der Waals surface area contributed by atoms with Gasteiger partial charge in [-0.3, -0.25) is 14.2 Å². The van der Waals surface area contributed by atoms with Crippen LogP contribution in [-0.4, -0.2) is 70.0 Å². The Morgan fingerprint density at radius 3 is 1.25 bits per heavy atom. The van der Waals surface area contributed by atoms with Crippen molar-refractivity contribution in [2.45, 2.75) is 232 Å². The molecule has 2 atom stereocenters. The number of unbranched alkanes of at least 4 members (excludes halogenated alkanes) is 27. The fraction of sp³-hybridized carbons (Fsp3) is 0.878. The van der Waals surface area contributed by atoms with Crippen LogP contribution in [-0.2, 0) is 32.7 Å². The molecule has 2 unspecified atom stereocenters. The highest BCUT2D eigenvalue weighted by Gasteiger charge is 2.21. The summed E-state index contributed by atoms with van der Waals surface area (Å²) < 4.78 is 34.0. The summed E-state index contributed by atoms with van der Waals surface area (Å²) in [5.74, 6) is -0.836. The summed E-state index contributed by atoms with van der Waals surface area (Å²) in [4.78, 5) is 37.6. The third-order valence-corrected chi connectivity index (χ3v) is 11.7. The van der Waals surface area contributed by atoms with Gasteiger partial charge >= 0.3 is 11.9 Å². The molecule has 0 fully saturated rings. The second kappa shape index (κ2) is 41.8. The van der Waals surface area contributed by atoms with Crippen molar-refractivity contribution in [3.05, 3.63) is 24.3 Å². The van der Waals surface area contributed by atoms with E-state index in [9.17, 15) is 19.0 Å². The summed E-state index contributed by atoms with van der Waals surface area (Å²) in [7, 11) is 1.17. The lowest BCUT2D eigenvalue weighted by atomic mass is 10.1. The Hall–Kier alpha value is -1.51. The fourth-order valence-electron chi connectivity index (χ4n) is 6.82. The molecule has 0 bridgehead atoms. The Morgan fingerprint density at radius 2 is 0.864 bits per heavy atom. The lowest BCUT2D eigenvalue weighted by Gasteiger charge is -2.28. The molecule has 0 aromatic carbocycles. The van der Waals surface area contributed by atoms with Crippen LogP contribution < -0.4 is 4.89 Å². The van der Waals surface area contributed by atoms with E-state index in [4.69, 9.17) is 18.5 Å². The van der Waals surface area contributed by atoms with E-state index < -0.39 is 26.5 Å². The molecule has 0 aliphatic rings. The van der Waals surface area contributed by atoms with E-state index in [1.54, 1.807) is 0 Å². The number of likely N-dealkylation sites (N-methyl/N-ethyl adjacent to an activating group) is 1. The highest BCUT2D eigenvalue weighted by Crippen LogP contribution is 2.38. The molecule has 0 rings (SSSR count). The van der Waals surface area contributed by atoms with E-state index in [1.165, 1.54) is 135 Å². The zero-order valence-corrected chi connectivity index (χ0v) is 40.1. The molecule has 9 nitrogen and oxygen atoms in total. The fourth-order valence-corrected chi connectivity index (χ4v) is 7.55. The zero-order valence-electron chi connectivity index (χ0n) is 39.2. The number of hydrogen-bond donors (Lipinski definition) is 0. The molecule has 0 spiro atoms. The number of carbonyl (C=O) groups excluding carboxylic acids is 2. The van der Waals surface area contributed by atoms with Gasteiger partial charge in [0, 0.05) is 12.8 Å². The Morgan fingerprint density at radius 1 is 0.508 bits per heavy atom. The molecule has 59 heavy (non-hydrogen) atoms. The number of hydrogen-bond acceptors (Lipinski definition) is 8. The average Bonchev–Trinajstić information content (AvgIpc) is 3.19. The van der Waals surface area contributed by atoms with E-state index in [2.05, 4.69) is 38.2 Å². The normalized spacial score (nSPS) is 13.7. The standard InChI is InChI=1S/C49H94NO8P/c1-6-8-10-12-14-16-18-20-22-24-26-28-30-32-34-36-38-40-42-49(52)58-47(46-57-59(53,54)56-44-43-50(3,4)5)45-55-48(51)41-39-37-35-33-31-29-27-25-23-21-19-17-15-13-11-9-7-2/h21-24,47H,6-20,25-46H2,1-5H3/b23-21-,24-22-. The van der Waals surface area contributed by atoms with Gasteiger partial charge in [0.1, 0.15) is 19.8 Å². The maximum atomic E-state index is 12.7. The number of ether oxygens (including phenoxy) is 2. The van der Waals surface area contributed by atoms with E-state index >= 15 is 0 Å². The number of phosphoric ester groups is 1. The molecule has 0 N–H and O–H groups in total. The van der Waals surface area contributed by atoms with Gasteiger partial charge in [0.2, 0.25) is 0 Å². The van der Waals surface area contributed by atoms with Crippen LogP contribution in [0.1, 0.15) is 226 Å². The zero-order chi connectivity index (χ0) is 43.6. The molecule has 0 saturated heterocycles. The number of quaternary nitrogens is 1. The van der Waals surface area contributed by atoms with Gasteiger partial charge in [-0.15, -0.1) is 0 Å². The van der Waals surface area contributed by atoms with Crippen LogP contribution in [0.5, 0.6) is 0 Å². The van der Waals surface area contributed by atoms with E-state index in [0.717, 1.165) is 57.8 Å². The minimum absolute atomic E-state index is 0.0309. The first kappa shape index (κ1) is 57.5. The second-order valence-electron chi connectivity index (χ2n) is 17.8. The van der Waals surface area contributed by atoms with Crippen molar-refractivity contribution in [3.63, 3.8) is 0 Å². The Balaban J connectivity index is 4.29. The Bertz CT molecular complexity index is 1060. The minimum atomic E-state index is -4.63. The highest BCUT2D eigenvalue weighted by molar-refractivity contribution is 7.45. The van der Waals surface area contributed by atoms with Crippen LogP contribution in [0.4, 0.5) is 0 Å². The molecule has 0 saturated carbocycles. The van der Waals surface area contributed by atoms with Crippen molar-refractivity contribution in [1.29, 1.82) is 0 Å². The summed E-state index contributed by atoms with van der Waals surface area (Å²) >= 11 is 0. The second-order valence-corrected chi connectivity index (χ2v) is 19.2. The molecule has 0 radical (unpaired) electrons. The van der Waals surface area contributed by atoms with Crippen LogP contribution in [0, 0.1) is 0 Å². The van der Waals surface area contributed by atoms with Gasteiger partial charge in [0.05, 0.1) is 27.7 Å². The highest BCUT2D eigenvalue weighted by atomic mass is 31.2. The minimum Gasteiger partial charge on any atom is -0.756 e. The van der Waals surface area contributed by atoms with Crippen molar-refractivity contribution in [2.24, 2.45) is 0 Å². The monoisotopic (exact) mass is 856 g/mol. The summed E-state index contributed by atoms with van der Waals surface area (Å²) in [6.45, 7) is 4.24. The first-order valence-electron chi connectivity index (χ1n) is 24.5. The number of rotatable bonds is 45. The molecule has 0 heterocycles. The predicted molar refractivity (Wildman–Crippen MR) is 245 cm³/mol. The maximum absolute atomic E-state index is 12.7. The molecule has 10 heteroatoms. The Labute approximate surface area is 364 Å². The predicted octanol–water partition coefficient (Wildman–Crippen LogP) is 13.7. The quantitative estimate of drug-likeness (QED) is 0.0196. The number of allylic oxidation sites excluding steroid dienone is 4. The van der Waals surface area contributed by atoms with Crippen molar-refractivity contribution in [3.8, 4) is 0 Å². The molecular weight excluding hydrogens is 762 g/mol. The smallest absolute Gasteiger partial charge is 0.306 e. The molecular formula is C49H94NO8P. The van der Waals surface area contributed by atoms with Crippen LogP contribution in [0.15, 0.2) is 24.3 Å². The molecule has 0 aromatic rings. The van der Waals surface area contributed by atoms with Gasteiger partial charge in [-0.1, -0.05) is 173 Å². The largest absolute Gasteiger partial charge is 0.756 e. The number of phosphoric acid groups is 1. The van der Waals surface area contributed by atoms with Crippen LogP contribution in [0.25, 0.3) is 0 Å². The molecule has 0 amide bonds. The van der Waals surface area contributed by atoms with Gasteiger partial charge in [-0.05, 0) is 64.2 Å². The SMILES string of the molecule is CCCCCCCC/C=C\CCCCCCCCCC(=O)OCC(COP(=O)([O-])OCC[N+](C)(C)C)OC(=O)CCCCCCCCC/C=C\CCCCCCCCC. The van der Waals surface area contributed by atoms with E-state index in [1.807, 2.05) is 21.1 Å². The summed E-state index contributed by atoms with van der Waals surface area (Å²) in [5, 5.41) is 0. The van der Waals surface area contributed by atoms with Crippen molar-refractivity contribution in [2.75, 3.05) is 47.5 Å². The first-order chi connectivity index (χ1) is 28.5. The van der Waals surface area contributed by atoms with Crippen LogP contribution in [0.3, 0.4) is 0 Å². The van der Waals surface area contributed by atoms with Gasteiger partial charge in [-0.2, -0.15) is 0 Å². The van der Waals surface area contributed by atoms with Gasteiger partial charge in [0.15, 0.2) is 6.10 Å². The molecule has 0 aromatic heterocycles. The van der Waals surface area contributed by atoms with E-state index in [-0.39, 0.29) is 32.0 Å². The van der Waals surface area contributed by atoms with Crippen molar-refractivity contribution in [1.82, 2.24) is 0 Å². The Kier molecular flexibility index (Phi) is 40.8. The lowest BCUT2D eigenvalue weighted by Crippen LogP contribution is -2.37. The molecule has 348 valence electrons. The number of esters is 2. The van der Waals surface area contributed by atoms with Gasteiger partial charge in [0.25, 0.3) is 7.82 Å². The third kappa shape index (κ3) is 45.8. The van der Waals surface area contributed by atoms with E-state index in [0.29, 0.717) is 17.4 Å². The van der Waals surface area contributed by atoms with Crippen molar-refractivity contribution < 1.29 is 42.1 Å². The number of nitrogens with zero attached hydrogens (tertiary/aromatic N) is 1. The first-order valence-corrected chi connectivity index (χ1v) is 26.0. The topological polar surface area (TPSA) is 111 Å². The summed E-state index contributed by atoms with van der Waals surface area (Å²) in [6, 6.07) is 0. The maximum Gasteiger partial charge on any atom is 0.306 e. The van der Waals surface area contributed by atoms with Crippen molar-refractivity contribution >= 4 is 19.8 Å². The van der Waals surface area contributed by atoms with Gasteiger partial charge < -0.3 is 27.9 Å². The average molecular weight is 856 g/mol.